The molecular weight excluding hydrogens is 310 g/mol. The van der Waals surface area contributed by atoms with Crippen molar-refractivity contribution >= 4 is 22.6 Å². The van der Waals surface area contributed by atoms with Gasteiger partial charge in [0.25, 0.3) is 0 Å². The highest BCUT2D eigenvalue weighted by molar-refractivity contribution is 8.93. The summed E-state index contributed by atoms with van der Waals surface area (Å²) in [6, 6.07) is 21.1. The molecule has 1 nitrogen and oxygen atoms in total. The van der Waals surface area contributed by atoms with Crippen LogP contribution in [0.2, 0.25) is 0 Å². The molecule has 2 aromatic rings. The van der Waals surface area contributed by atoms with Crippen molar-refractivity contribution in [2.75, 3.05) is 6.54 Å². The van der Waals surface area contributed by atoms with Crippen LogP contribution in [0.1, 0.15) is 11.1 Å². The van der Waals surface area contributed by atoms with Gasteiger partial charge in [0, 0.05) is 19.3 Å². The van der Waals surface area contributed by atoms with E-state index in [-0.39, 0.29) is 17.0 Å². The largest absolute Gasteiger partial charge is 0.369 e. The molecule has 0 unspecified atom stereocenters. The summed E-state index contributed by atoms with van der Waals surface area (Å²) in [5.74, 6) is 0. The lowest BCUT2D eigenvalue weighted by Crippen LogP contribution is -2.19. The Balaban J connectivity index is 0.00000147. The summed E-state index contributed by atoms with van der Waals surface area (Å²) in [7, 11) is 0. The van der Waals surface area contributed by atoms with E-state index >= 15 is 0 Å². The molecule has 3 rings (SSSR count). The number of rotatable bonds is 3. The Bertz CT molecular complexity index is 587. The topological polar surface area (TPSA) is 3.24 Å². The summed E-state index contributed by atoms with van der Waals surface area (Å²) >= 11 is 0. The van der Waals surface area contributed by atoms with Gasteiger partial charge in [0.05, 0.1) is 0 Å². The SMILES string of the molecule is Br.C1=CN(Cc2ccccc2)CC=C1c1ccccc1. The molecule has 2 aromatic carbocycles. The molecule has 0 amide bonds. The number of hydrogen-bond acceptors (Lipinski definition) is 1. The van der Waals surface area contributed by atoms with Crippen LogP contribution in [0.25, 0.3) is 5.57 Å². The van der Waals surface area contributed by atoms with Crippen molar-refractivity contribution in [1.29, 1.82) is 0 Å². The van der Waals surface area contributed by atoms with Crippen LogP contribution >= 0.6 is 17.0 Å². The smallest absolute Gasteiger partial charge is 0.0427 e. The second kappa shape index (κ2) is 7.11. The number of halogens is 1. The Morgan fingerprint density at radius 3 is 2.10 bits per heavy atom. The summed E-state index contributed by atoms with van der Waals surface area (Å²) in [5.41, 5.74) is 3.95. The Morgan fingerprint density at radius 2 is 1.50 bits per heavy atom. The number of benzene rings is 2. The van der Waals surface area contributed by atoms with Crippen molar-refractivity contribution in [3.8, 4) is 0 Å². The minimum absolute atomic E-state index is 0. The fourth-order valence-corrected chi connectivity index (χ4v) is 2.31. The van der Waals surface area contributed by atoms with Gasteiger partial charge in [-0.1, -0.05) is 66.7 Å². The van der Waals surface area contributed by atoms with E-state index in [1.54, 1.807) is 0 Å². The first-order chi connectivity index (χ1) is 9.42. The van der Waals surface area contributed by atoms with Gasteiger partial charge in [0.2, 0.25) is 0 Å². The average Bonchev–Trinajstić information content (AvgIpc) is 2.50. The van der Waals surface area contributed by atoms with Gasteiger partial charge in [-0.05, 0) is 22.8 Å². The Morgan fingerprint density at radius 1 is 0.850 bits per heavy atom. The monoisotopic (exact) mass is 327 g/mol. The van der Waals surface area contributed by atoms with E-state index in [1.807, 2.05) is 0 Å². The van der Waals surface area contributed by atoms with Crippen molar-refractivity contribution in [3.05, 3.63) is 90.1 Å². The number of nitrogens with zero attached hydrogens (tertiary/aromatic N) is 1. The maximum Gasteiger partial charge on any atom is 0.0427 e. The van der Waals surface area contributed by atoms with Crippen LogP contribution in [0.3, 0.4) is 0 Å². The van der Waals surface area contributed by atoms with Crippen LogP contribution in [0.15, 0.2) is 79.0 Å². The van der Waals surface area contributed by atoms with Crippen LogP contribution in [-0.2, 0) is 6.54 Å². The van der Waals surface area contributed by atoms with Gasteiger partial charge in [-0.2, -0.15) is 0 Å². The molecule has 102 valence electrons. The zero-order valence-electron chi connectivity index (χ0n) is 11.3. The summed E-state index contributed by atoms with van der Waals surface area (Å²) in [6.45, 7) is 1.94. The molecule has 0 aromatic heterocycles. The van der Waals surface area contributed by atoms with E-state index in [1.165, 1.54) is 16.7 Å². The van der Waals surface area contributed by atoms with E-state index < -0.39 is 0 Å². The molecular formula is C18H18BrN. The van der Waals surface area contributed by atoms with Crippen molar-refractivity contribution < 1.29 is 0 Å². The van der Waals surface area contributed by atoms with E-state index in [9.17, 15) is 0 Å². The minimum atomic E-state index is 0. The summed E-state index contributed by atoms with van der Waals surface area (Å²) in [6.07, 6.45) is 6.68. The number of allylic oxidation sites excluding steroid dienone is 2. The first-order valence-corrected chi connectivity index (χ1v) is 6.63. The van der Waals surface area contributed by atoms with E-state index in [2.05, 4.69) is 83.9 Å². The van der Waals surface area contributed by atoms with E-state index in [0.717, 1.165) is 13.1 Å². The van der Waals surface area contributed by atoms with Crippen LogP contribution in [0.5, 0.6) is 0 Å². The normalized spacial score (nSPS) is 13.6. The summed E-state index contributed by atoms with van der Waals surface area (Å²) in [5, 5.41) is 0. The molecule has 0 aliphatic carbocycles. The molecule has 1 aliphatic heterocycles. The molecule has 20 heavy (non-hydrogen) atoms. The van der Waals surface area contributed by atoms with Gasteiger partial charge in [-0.3, -0.25) is 0 Å². The molecule has 0 radical (unpaired) electrons. The van der Waals surface area contributed by atoms with Crippen molar-refractivity contribution in [3.63, 3.8) is 0 Å². The van der Waals surface area contributed by atoms with Gasteiger partial charge in [0.15, 0.2) is 0 Å². The van der Waals surface area contributed by atoms with E-state index in [4.69, 9.17) is 0 Å². The second-order valence-corrected chi connectivity index (χ2v) is 4.76. The van der Waals surface area contributed by atoms with Gasteiger partial charge < -0.3 is 4.90 Å². The molecule has 1 aliphatic rings. The molecule has 0 atom stereocenters. The third-order valence-corrected chi connectivity index (χ3v) is 3.35. The van der Waals surface area contributed by atoms with Crippen LogP contribution < -0.4 is 0 Å². The average molecular weight is 328 g/mol. The van der Waals surface area contributed by atoms with Crippen LogP contribution in [-0.4, -0.2) is 11.4 Å². The Kier molecular flexibility index (Phi) is 5.19. The Hall–Kier alpha value is -1.80. The molecule has 0 saturated heterocycles. The third-order valence-electron chi connectivity index (χ3n) is 3.35. The first kappa shape index (κ1) is 14.6. The molecule has 0 spiro atoms. The molecule has 0 N–H and O–H groups in total. The maximum atomic E-state index is 2.32. The van der Waals surface area contributed by atoms with Gasteiger partial charge in [0.1, 0.15) is 0 Å². The maximum absolute atomic E-state index is 2.32. The quantitative estimate of drug-likeness (QED) is 0.791. The van der Waals surface area contributed by atoms with Crippen molar-refractivity contribution in [2.45, 2.75) is 6.54 Å². The zero-order chi connectivity index (χ0) is 12.9. The number of hydrogen-bond donors (Lipinski definition) is 0. The molecule has 2 heteroatoms. The third kappa shape index (κ3) is 3.61. The molecule has 0 fully saturated rings. The highest BCUT2D eigenvalue weighted by atomic mass is 79.9. The lowest BCUT2D eigenvalue weighted by molar-refractivity contribution is 0.406. The predicted molar refractivity (Wildman–Crippen MR) is 90.7 cm³/mol. The molecule has 1 heterocycles. The fraction of sp³-hybridized carbons (Fsp3) is 0.111. The fourth-order valence-electron chi connectivity index (χ4n) is 2.31. The van der Waals surface area contributed by atoms with Crippen molar-refractivity contribution in [2.24, 2.45) is 0 Å². The van der Waals surface area contributed by atoms with Crippen molar-refractivity contribution in [1.82, 2.24) is 4.90 Å². The highest BCUT2D eigenvalue weighted by Gasteiger charge is 2.06. The minimum Gasteiger partial charge on any atom is -0.369 e. The lowest BCUT2D eigenvalue weighted by Gasteiger charge is -2.22. The molecule has 0 saturated carbocycles. The first-order valence-electron chi connectivity index (χ1n) is 6.63. The second-order valence-electron chi connectivity index (χ2n) is 4.76. The van der Waals surface area contributed by atoms with Gasteiger partial charge >= 0.3 is 0 Å². The zero-order valence-corrected chi connectivity index (χ0v) is 13.0. The Labute approximate surface area is 131 Å². The van der Waals surface area contributed by atoms with Crippen LogP contribution in [0.4, 0.5) is 0 Å². The standard InChI is InChI=1S/C18H17N.BrH/c1-3-7-16(8-4-1)15-19-13-11-18(12-14-19)17-9-5-2-6-10-17;/h1-13H,14-15H2;1H. The van der Waals surface area contributed by atoms with Crippen LogP contribution in [0, 0.1) is 0 Å². The van der Waals surface area contributed by atoms with Gasteiger partial charge in [-0.25, -0.2) is 0 Å². The predicted octanol–water partition coefficient (Wildman–Crippen LogP) is 4.68. The molecule has 0 bridgehead atoms. The summed E-state index contributed by atoms with van der Waals surface area (Å²) in [4.78, 5) is 2.32. The lowest BCUT2D eigenvalue weighted by atomic mass is 10.0. The summed E-state index contributed by atoms with van der Waals surface area (Å²) < 4.78 is 0. The van der Waals surface area contributed by atoms with E-state index in [0.29, 0.717) is 0 Å². The van der Waals surface area contributed by atoms with Gasteiger partial charge in [-0.15, -0.1) is 17.0 Å². The highest BCUT2D eigenvalue weighted by Crippen LogP contribution is 2.20.